The Morgan fingerprint density at radius 1 is 1.38 bits per heavy atom. The molecule has 0 saturated carbocycles. The fraction of sp³-hybridized carbons (Fsp3) is 0.364. The van der Waals surface area contributed by atoms with Gasteiger partial charge in [0.05, 0.1) is 0 Å². The number of halogens is 2. The van der Waals surface area contributed by atoms with Gasteiger partial charge in [-0.3, -0.25) is 0 Å². The molecule has 1 rings (SSSR count). The van der Waals surface area contributed by atoms with Gasteiger partial charge in [-0.2, -0.15) is 0 Å². The summed E-state index contributed by atoms with van der Waals surface area (Å²) >= 11 is 11.6. The number of carboxylic acid groups (broad SMARTS) is 1. The molecule has 0 bridgehead atoms. The van der Waals surface area contributed by atoms with Crippen molar-refractivity contribution in [3.63, 3.8) is 0 Å². The minimum Gasteiger partial charge on any atom is -0.479 e. The Kier molecular flexibility index (Phi) is 5.06. The molecule has 0 heterocycles. The smallest absolute Gasteiger partial charge is 0.333 e. The molecule has 1 N–H and O–H groups in total. The van der Waals surface area contributed by atoms with Gasteiger partial charge in [0.25, 0.3) is 0 Å². The Bertz CT molecular complexity index is 359. The van der Waals surface area contributed by atoms with Crippen LogP contribution in [0, 0.1) is 0 Å². The average Bonchev–Trinajstić information content (AvgIpc) is 2.15. The van der Waals surface area contributed by atoms with E-state index in [-0.39, 0.29) is 6.42 Å². The van der Waals surface area contributed by atoms with E-state index in [9.17, 15) is 4.79 Å². The lowest BCUT2D eigenvalue weighted by Gasteiger charge is -2.12. The van der Waals surface area contributed by atoms with Gasteiger partial charge in [0.2, 0.25) is 0 Å². The zero-order valence-electron chi connectivity index (χ0n) is 8.74. The van der Waals surface area contributed by atoms with Gasteiger partial charge >= 0.3 is 5.97 Å². The first-order valence-electron chi connectivity index (χ1n) is 4.82. The number of carboxylic acids is 1. The Balaban J connectivity index is 2.80. The molecular formula is C11H12Cl2O3. The molecule has 0 aliphatic rings. The van der Waals surface area contributed by atoms with E-state index in [0.29, 0.717) is 16.7 Å². The Labute approximate surface area is 104 Å². The van der Waals surface area contributed by atoms with Crippen molar-refractivity contribution in [1.82, 2.24) is 0 Å². The second-order valence-electron chi connectivity index (χ2n) is 3.26. The van der Waals surface area contributed by atoms with Crippen molar-refractivity contribution in [1.29, 1.82) is 0 Å². The van der Waals surface area contributed by atoms with Gasteiger partial charge < -0.3 is 9.84 Å². The highest BCUT2D eigenvalue weighted by molar-refractivity contribution is 6.34. The Hall–Kier alpha value is -0.770. The number of hydrogen-bond acceptors (Lipinski definition) is 2. The maximum Gasteiger partial charge on any atom is 0.333 e. The summed E-state index contributed by atoms with van der Waals surface area (Å²) in [5.41, 5.74) is 0.748. The summed E-state index contributed by atoms with van der Waals surface area (Å²) in [5.74, 6) is -0.988. The minimum absolute atomic E-state index is 0.253. The summed E-state index contributed by atoms with van der Waals surface area (Å²) in [6, 6.07) is 4.97. The molecule has 3 nitrogen and oxygen atoms in total. The molecule has 0 aromatic heterocycles. The van der Waals surface area contributed by atoms with Crippen LogP contribution in [0.5, 0.6) is 0 Å². The van der Waals surface area contributed by atoms with Crippen molar-refractivity contribution >= 4 is 29.2 Å². The molecule has 88 valence electrons. The molecule has 16 heavy (non-hydrogen) atoms. The van der Waals surface area contributed by atoms with Gasteiger partial charge in [-0.15, -0.1) is 0 Å². The van der Waals surface area contributed by atoms with Crippen LogP contribution in [0.15, 0.2) is 18.2 Å². The highest BCUT2D eigenvalue weighted by Gasteiger charge is 2.18. The summed E-state index contributed by atoms with van der Waals surface area (Å²) in [6.07, 6.45) is -0.608. The van der Waals surface area contributed by atoms with E-state index in [1.165, 1.54) is 0 Å². The standard InChI is InChI=1S/C11H12Cl2O3/c1-2-16-10(11(14)15)5-7-3-8(12)6-9(13)4-7/h3-4,6,10H,2,5H2,1H3,(H,14,15)/t10-/m0/s1. The van der Waals surface area contributed by atoms with Crippen LogP contribution in [0.3, 0.4) is 0 Å². The third-order valence-corrected chi connectivity index (χ3v) is 2.42. The van der Waals surface area contributed by atoms with E-state index in [1.54, 1.807) is 25.1 Å². The number of benzene rings is 1. The largest absolute Gasteiger partial charge is 0.479 e. The quantitative estimate of drug-likeness (QED) is 0.888. The van der Waals surface area contributed by atoms with Crippen LogP contribution in [-0.2, 0) is 16.0 Å². The van der Waals surface area contributed by atoms with Gasteiger partial charge in [-0.05, 0) is 30.7 Å². The molecule has 0 aliphatic heterocycles. The maximum atomic E-state index is 10.9. The number of ether oxygens (including phenoxy) is 1. The highest BCUT2D eigenvalue weighted by atomic mass is 35.5. The fourth-order valence-corrected chi connectivity index (χ4v) is 1.93. The fourth-order valence-electron chi connectivity index (χ4n) is 1.36. The molecule has 1 aromatic carbocycles. The first-order valence-corrected chi connectivity index (χ1v) is 5.58. The first kappa shape index (κ1) is 13.3. The molecule has 0 amide bonds. The SMILES string of the molecule is CCO[C@@H](Cc1cc(Cl)cc(Cl)c1)C(=O)O. The molecule has 0 fully saturated rings. The third kappa shape index (κ3) is 4.00. The monoisotopic (exact) mass is 262 g/mol. The van der Waals surface area contributed by atoms with Gasteiger partial charge in [-0.1, -0.05) is 23.2 Å². The lowest BCUT2D eigenvalue weighted by molar-refractivity contribution is -0.149. The summed E-state index contributed by atoms with van der Waals surface area (Å²) in [4.78, 5) is 10.9. The van der Waals surface area contributed by atoms with Crippen LogP contribution in [0.25, 0.3) is 0 Å². The topological polar surface area (TPSA) is 46.5 Å². The summed E-state index contributed by atoms with van der Waals surface area (Å²) in [5, 5.41) is 9.89. The van der Waals surface area contributed by atoms with Crippen molar-refractivity contribution in [3.8, 4) is 0 Å². The van der Waals surface area contributed by atoms with E-state index in [1.807, 2.05) is 0 Å². The van der Waals surface area contributed by atoms with Crippen molar-refractivity contribution in [3.05, 3.63) is 33.8 Å². The predicted octanol–water partition coefficient (Wildman–Crippen LogP) is 3.03. The number of aliphatic carboxylic acids is 1. The number of rotatable bonds is 5. The molecule has 1 atom stereocenters. The second-order valence-corrected chi connectivity index (χ2v) is 4.14. The highest BCUT2D eigenvalue weighted by Crippen LogP contribution is 2.20. The van der Waals surface area contributed by atoms with Crippen molar-refractivity contribution in [2.45, 2.75) is 19.4 Å². The molecule has 5 heteroatoms. The van der Waals surface area contributed by atoms with Gasteiger partial charge in [0, 0.05) is 23.1 Å². The molecule has 1 aromatic rings. The van der Waals surface area contributed by atoms with Crippen molar-refractivity contribution in [2.75, 3.05) is 6.61 Å². The molecule has 0 saturated heterocycles. The van der Waals surface area contributed by atoms with Crippen LogP contribution in [0.4, 0.5) is 0 Å². The molecule has 0 spiro atoms. The van der Waals surface area contributed by atoms with E-state index in [2.05, 4.69) is 0 Å². The first-order chi connectivity index (χ1) is 7.52. The van der Waals surface area contributed by atoms with E-state index in [0.717, 1.165) is 5.56 Å². The third-order valence-electron chi connectivity index (χ3n) is 1.99. The summed E-state index contributed by atoms with van der Waals surface area (Å²) in [7, 11) is 0. The maximum absolute atomic E-state index is 10.9. The van der Waals surface area contributed by atoms with Gasteiger partial charge in [0.15, 0.2) is 6.10 Å². The van der Waals surface area contributed by atoms with Crippen molar-refractivity contribution < 1.29 is 14.6 Å². The summed E-state index contributed by atoms with van der Waals surface area (Å²) in [6.45, 7) is 2.10. The van der Waals surface area contributed by atoms with Crippen LogP contribution >= 0.6 is 23.2 Å². The molecule has 0 unspecified atom stereocenters. The predicted molar refractivity (Wildman–Crippen MR) is 63.2 cm³/mol. The lowest BCUT2D eigenvalue weighted by Crippen LogP contribution is -2.26. The van der Waals surface area contributed by atoms with Crippen LogP contribution < -0.4 is 0 Å². The minimum atomic E-state index is -0.988. The molecular weight excluding hydrogens is 251 g/mol. The molecule has 0 aliphatic carbocycles. The second kappa shape index (κ2) is 6.09. The summed E-state index contributed by atoms with van der Waals surface area (Å²) < 4.78 is 5.10. The van der Waals surface area contributed by atoms with Gasteiger partial charge in [0.1, 0.15) is 0 Å². The van der Waals surface area contributed by atoms with Crippen molar-refractivity contribution in [2.24, 2.45) is 0 Å². The lowest BCUT2D eigenvalue weighted by atomic mass is 10.1. The van der Waals surface area contributed by atoms with Crippen LogP contribution in [0.1, 0.15) is 12.5 Å². The van der Waals surface area contributed by atoms with Crippen LogP contribution in [-0.4, -0.2) is 23.8 Å². The van der Waals surface area contributed by atoms with Crippen LogP contribution in [0.2, 0.25) is 10.0 Å². The van der Waals surface area contributed by atoms with E-state index in [4.69, 9.17) is 33.0 Å². The zero-order valence-corrected chi connectivity index (χ0v) is 10.3. The molecule has 0 radical (unpaired) electrons. The average molecular weight is 263 g/mol. The van der Waals surface area contributed by atoms with E-state index < -0.39 is 12.1 Å². The Morgan fingerprint density at radius 3 is 2.38 bits per heavy atom. The zero-order chi connectivity index (χ0) is 12.1. The number of carbonyl (C=O) groups is 1. The number of hydrogen-bond donors (Lipinski definition) is 1. The Morgan fingerprint density at radius 2 is 1.94 bits per heavy atom. The van der Waals surface area contributed by atoms with E-state index >= 15 is 0 Å². The van der Waals surface area contributed by atoms with Gasteiger partial charge in [-0.25, -0.2) is 4.79 Å². The normalized spacial score (nSPS) is 12.4.